The van der Waals surface area contributed by atoms with Crippen LogP contribution in [0.2, 0.25) is 0 Å². The molecule has 2 rings (SSSR count). The summed E-state index contributed by atoms with van der Waals surface area (Å²) in [5, 5.41) is 5.85. The van der Waals surface area contributed by atoms with E-state index in [0.717, 1.165) is 18.6 Å². The van der Waals surface area contributed by atoms with Crippen molar-refractivity contribution in [1.29, 1.82) is 0 Å². The molecule has 5 heteroatoms. The summed E-state index contributed by atoms with van der Waals surface area (Å²) in [6.45, 7) is 1.97. The van der Waals surface area contributed by atoms with Crippen molar-refractivity contribution in [3.05, 3.63) is 48.0 Å². The number of hydrogen-bond acceptors (Lipinski definition) is 4. The molecule has 0 radical (unpaired) electrons. The minimum absolute atomic E-state index is 0.0626. The average Bonchev–Trinajstić information content (AvgIpc) is 2.98. The van der Waals surface area contributed by atoms with Crippen LogP contribution in [0.4, 0.5) is 5.82 Å². The van der Waals surface area contributed by atoms with Crippen molar-refractivity contribution in [2.45, 2.75) is 25.8 Å². The quantitative estimate of drug-likeness (QED) is 0.848. The van der Waals surface area contributed by atoms with Crippen LogP contribution in [0.25, 0.3) is 0 Å². The molecule has 20 heavy (non-hydrogen) atoms. The minimum atomic E-state index is -0.158. The van der Waals surface area contributed by atoms with Crippen LogP contribution in [-0.2, 0) is 6.42 Å². The highest BCUT2D eigenvalue weighted by Gasteiger charge is 2.11. The highest BCUT2D eigenvalue weighted by molar-refractivity contribution is 5.92. The van der Waals surface area contributed by atoms with E-state index in [1.165, 1.54) is 0 Å². The first-order valence-corrected chi connectivity index (χ1v) is 6.67. The van der Waals surface area contributed by atoms with Gasteiger partial charge in [-0.2, -0.15) is 0 Å². The van der Waals surface area contributed by atoms with Gasteiger partial charge in [0.05, 0.1) is 6.26 Å². The third kappa shape index (κ3) is 3.85. The third-order valence-corrected chi connectivity index (χ3v) is 3.02. The molecule has 2 aromatic rings. The molecule has 0 bridgehead atoms. The Morgan fingerprint density at radius 1 is 1.35 bits per heavy atom. The number of nitrogens with zero attached hydrogens (tertiary/aromatic N) is 1. The van der Waals surface area contributed by atoms with E-state index in [0.29, 0.717) is 11.5 Å². The molecule has 0 saturated heterocycles. The van der Waals surface area contributed by atoms with Gasteiger partial charge in [-0.3, -0.25) is 4.79 Å². The van der Waals surface area contributed by atoms with E-state index in [9.17, 15) is 4.79 Å². The molecule has 1 amide bonds. The summed E-state index contributed by atoms with van der Waals surface area (Å²) in [5.41, 5.74) is 0.418. The predicted octanol–water partition coefficient (Wildman–Crippen LogP) is 2.47. The molecule has 1 unspecified atom stereocenters. The average molecular weight is 273 g/mol. The lowest BCUT2D eigenvalue weighted by Gasteiger charge is -2.13. The first-order valence-electron chi connectivity index (χ1n) is 6.67. The van der Waals surface area contributed by atoms with E-state index in [2.05, 4.69) is 15.6 Å². The number of aryl methyl sites for hydroxylation is 1. The molecule has 0 aliphatic heterocycles. The summed E-state index contributed by atoms with van der Waals surface area (Å²) in [7, 11) is 1.77. The highest BCUT2D eigenvalue weighted by atomic mass is 16.3. The van der Waals surface area contributed by atoms with Crippen molar-refractivity contribution < 1.29 is 9.21 Å². The fraction of sp³-hybridized carbons (Fsp3) is 0.333. The molecule has 0 aromatic carbocycles. The lowest BCUT2D eigenvalue weighted by Crippen LogP contribution is -2.33. The van der Waals surface area contributed by atoms with Crippen molar-refractivity contribution in [3.8, 4) is 0 Å². The zero-order chi connectivity index (χ0) is 14.4. The number of furan rings is 1. The molecule has 0 fully saturated rings. The molecule has 2 heterocycles. The number of anilines is 1. The van der Waals surface area contributed by atoms with Crippen LogP contribution < -0.4 is 10.6 Å². The van der Waals surface area contributed by atoms with Crippen LogP contribution in [0.1, 0.15) is 29.6 Å². The lowest BCUT2D eigenvalue weighted by atomic mass is 10.1. The molecule has 106 valence electrons. The maximum atomic E-state index is 12.1. The smallest absolute Gasteiger partial charge is 0.270 e. The summed E-state index contributed by atoms with van der Waals surface area (Å²) < 4.78 is 5.27. The zero-order valence-corrected chi connectivity index (χ0v) is 11.7. The van der Waals surface area contributed by atoms with E-state index in [1.807, 2.05) is 25.1 Å². The van der Waals surface area contributed by atoms with E-state index >= 15 is 0 Å². The molecule has 0 aliphatic rings. The molecule has 0 aliphatic carbocycles. The van der Waals surface area contributed by atoms with Crippen LogP contribution >= 0.6 is 0 Å². The van der Waals surface area contributed by atoms with Crippen molar-refractivity contribution >= 4 is 11.7 Å². The number of amides is 1. The SMILES string of the molecule is CNc1cccc(C(=O)NC(C)CCc2ccco2)n1. The Hall–Kier alpha value is -2.30. The van der Waals surface area contributed by atoms with Gasteiger partial charge >= 0.3 is 0 Å². The Balaban J connectivity index is 1.86. The van der Waals surface area contributed by atoms with Crippen LogP contribution in [0.3, 0.4) is 0 Å². The van der Waals surface area contributed by atoms with Gasteiger partial charge in [0.25, 0.3) is 5.91 Å². The number of hydrogen-bond donors (Lipinski definition) is 2. The van der Waals surface area contributed by atoms with Gasteiger partial charge in [-0.05, 0) is 37.6 Å². The number of nitrogens with one attached hydrogen (secondary N) is 2. The van der Waals surface area contributed by atoms with Crippen LogP contribution in [0.15, 0.2) is 41.0 Å². The zero-order valence-electron chi connectivity index (χ0n) is 11.7. The molecular formula is C15H19N3O2. The monoisotopic (exact) mass is 273 g/mol. The van der Waals surface area contributed by atoms with E-state index in [4.69, 9.17) is 4.42 Å². The predicted molar refractivity (Wildman–Crippen MR) is 77.7 cm³/mol. The number of carbonyl (C=O) groups excluding carboxylic acids is 1. The second-order valence-corrected chi connectivity index (χ2v) is 4.65. The lowest BCUT2D eigenvalue weighted by molar-refractivity contribution is 0.0933. The molecular weight excluding hydrogens is 254 g/mol. The van der Waals surface area contributed by atoms with Gasteiger partial charge in [0.15, 0.2) is 0 Å². The first kappa shape index (κ1) is 14.1. The molecule has 2 aromatic heterocycles. The third-order valence-electron chi connectivity index (χ3n) is 3.02. The highest BCUT2D eigenvalue weighted by Crippen LogP contribution is 2.07. The standard InChI is InChI=1S/C15H19N3O2/c1-11(8-9-12-5-4-10-20-12)17-15(19)13-6-3-7-14(16-2)18-13/h3-7,10-11H,8-9H2,1-2H3,(H,16,18)(H,17,19). The second-order valence-electron chi connectivity index (χ2n) is 4.65. The van der Waals surface area contributed by atoms with Crippen LogP contribution in [0.5, 0.6) is 0 Å². The Labute approximate surface area is 118 Å². The maximum absolute atomic E-state index is 12.1. The maximum Gasteiger partial charge on any atom is 0.270 e. The normalized spacial score (nSPS) is 11.9. The van der Waals surface area contributed by atoms with Gasteiger partial charge in [-0.25, -0.2) is 4.98 Å². The molecule has 1 atom stereocenters. The summed E-state index contributed by atoms with van der Waals surface area (Å²) >= 11 is 0. The van der Waals surface area contributed by atoms with E-state index < -0.39 is 0 Å². The fourth-order valence-corrected chi connectivity index (χ4v) is 1.88. The van der Waals surface area contributed by atoms with Crippen LogP contribution in [0, 0.1) is 0 Å². The summed E-state index contributed by atoms with van der Waals surface area (Å²) in [6, 6.07) is 9.19. The second kappa shape index (κ2) is 6.75. The molecule has 2 N–H and O–H groups in total. The topological polar surface area (TPSA) is 67.2 Å². The van der Waals surface area contributed by atoms with Gasteiger partial charge in [0.1, 0.15) is 17.3 Å². The van der Waals surface area contributed by atoms with Crippen molar-refractivity contribution in [2.75, 3.05) is 12.4 Å². The Morgan fingerprint density at radius 2 is 2.20 bits per heavy atom. The fourth-order valence-electron chi connectivity index (χ4n) is 1.88. The van der Waals surface area contributed by atoms with Gasteiger partial charge < -0.3 is 15.1 Å². The largest absolute Gasteiger partial charge is 0.469 e. The Bertz CT molecular complexity index is 552. The number of carbonyl (C=O) groups is 1. The number of rotatable bonds is 6. The minimum Gasteiger partial charge on any atom is -0.469 e. The van der Waals surface area contributed by atoms with Crippen molar-refractivity contribution in [3.63, 3.8) is 0 Å². The van der Waals surface area contributed by atoms with E-state index in [1.54, 1.807) is 25.4 Å². The van der Waals surface area contributed by atoms with Gasteiger partial charge in [-0.1, -0.05) is 6.07 Å². The molecule has 0 spiro atoms. The van der Waals surface area contributed by atoms with Crippen LogP contribution in [-0.4, -0.2) is 24.0 Å². The van der Waals surface area contributed by atoms with Gasteiger partial charge in [-0.15, -0.1) is 0 Å². The molecule has 5 nitrogen and oxygen atoms in total. The van der Waals surface area contributed by atoms with E-state index in [-0.39, 0.29) is 11.9 Å². The first-order chi connectivity index (χ1) is 9.69. The Kier molecular flexibility index (Phi) is 4.76. The van der Waals surface area contributed by atoms with Gasteiger partial charge in [0, 0.05) is 19.5 Å². The van der Waals surface area contributed by atoms with Gasteiger partial charge in [0.2, 0.25) is 0 Å². The summed E-state index contributed by atoms with van der Waals surface area (Å²) in [4.78, 5) is 16.3. The summed E-state index contributed by atoms with van der Waals surface area (Å²) in [5.74, 6) is 1.45. The number of aromatic nitrogens is 1. The Morgan fingerprint density at radius 3 is 2.90 bits per heavy atom. The van der Waals surface area contributed by atoms with Crippen molar-refractivity contribution in [2.24, 2.45) is 0 Å². The number of pyridine rings is 1. The molecule has 0 saturated carbocycles. The van der Waals surface area contributed by atoms with Crippen molar-refractivity contribution in [1.82, 2.24) is 10.3 Å². The summed E-state index contributed by atoms with van der Waals surface area (Å²) in [6.07, 6.45) is 3.29.